The third-order valence-electron chi connectivity index (χ3n) is 1.08. The monoisotopic (exact) mass is 142 g/mol. The van der Waals surface area contributed by atoms with E-state index in [2.05, 4.69) is 11.8 Å². The van der Waals surface area contributed by atoms with Crippen molar-refractivity contribution in [2.75, 3.05) is 6.61 Å². The van der Waals surface area contributed by atoms with Crippen molar-refractivity contribution >= 4 is 10.5 Å². The molecule has 2 heteroatoms. The third-order valence-corrected chi connectivity index (χ3v) is 1.49. The molecule has 0 rings (SSSR count). The molecule has 0 radical (unpaired) electrons. The van der Waals surface area contributed by atoms with Crippen molar-refractivity contribution in [3.63, 3.8) is 0 Å². The lowest BCUT2D eigenvalue weighted by molar-refractivity contribution is 0.337. The van der Waals surface area contributed by atoms with Crippen LogP contribution >= 0.6 is 0 Å². The molecule has 0 fully saturated rings. The van der Waals surface area contributed by atoms with E-state index < -0.39 is 0 Å². The fourth-order valence-electron chi connectivity index (χ4n) is 0.585. The molecule has 0 aliphatic carbocycles. The summed E-state index contributed by atoms with van der Waals surface area (Å²) in [5, 5.41) is 0. The fraction of sp³-hybridized carbons (Fsp3) is 0.714. The maximum Gasteiger partial charge on any atom is 0.145 e. The molecule has 0 aromatic carbocycles. The van der Waals surface area contributed by atoms with Gasteiger partial charge in [-0.2, -0.15) is 0 Å². The molecule has 52 valence electrons. The Morgan fingerprint density at radius 3 is 2.78 bits per heavy atom. The Bertz CT molecular complexity index is 101. The van der Waals surface area contributed by atoms with Crippen LogP contribution in [0.15, 0.2) is 0 Å². The van der Waals surface area contributed by atoms with Crippen molar-refractivity contribution in [3.05, 3.63) is 0 Å². The second-order valence-corrected chi connectivity index (χ2v) is 2.45. The van der Waals surface area contributed by atoms with Crippen LogP contribution in [0.3, 0.4) is 0 Å². The topological polar surface area (TPSA) is 9.23 Å². The molecule has 0 amide bonds. The Balaban J connectivity index is 2.80. The summed E-state index contributed by atoms with van der Waals surface area (Å²) in [5.74, 6) is 5.88. The molecule has 0 bridgehead atoms. The van der Waals surface area contributed by atoms with Gasteiger partial charge in [-0.15, -0.1) is 11.8 Å². The van der Waals surface area contributed by atoms with E-state index in [-0.39, 0.29) is 0 Å². The molecule has 0 atom stereocenters. The molecule has 0 saturated heterocycles. The first-order chi connectivity index (χ1) is 4.41. The molecule has 0 unspecified atom stereocenters. The first-order valence-corrected chi connectivity index (χ1v) is 4.12. The summed E-state index contributed by atoms with van der Waals surface area (Å²) in [6.07, 6.45) is 3.38. The van der Waals surface area contributed by atoms with Gasteiger partial charge in [0.25, 0.3) is 0 Å². The highest BCUT2D eigenvalue weighted by Gasteiger charge is 1.81. The van der Waals surface area contributed by atoms with Crippen LogP contribution in [0.4, 0.5) is 0 Å². The molecule has 0 aromatic rings. The van der Waals surface area contributed by atoms with E-state index in [1.165, 1.54) is 6.42 Å². The molecule has 1 nitrogen and oxygen atoms in total. The number of hydrogen-bond donors (Lipinski definition) is 0. The molecule has 9 heavy (non-hydrogen) atoms. The highest BCUT2D eigenvalue weighted by Crippen LogP contribution is 1.92. The lowest BCUT2D eigenvalue weighted by Crippen LogP contribution is -1.88. The summed E-state index contributed by atoms with van der Waals surface area (Å²) in [4.78, 5) is 0. The summed E-state index contributed by atoms with van der Waals surface area (Å²) in [6, 6.07) is 0. The Hall–Kier alpha value is -0.263. The predicted octanol–water partition coefficient (Wildman–Crippen LogP) is 0.477. The van der Waals surface area contributed by atoms with Gasteiger partial charge in [0.1, 0.15) is 10.5 Å². The standard InChI is InChI=1S/C7H14OSi/c1-2-3-4-5-6-7-8-9/h4-7H2,1,9H3. The smallest absolute Gasteiger partial charge is 0.145 e. The molecule has 0 spiro atoms. The van der Waals surface area contributed by atoms with Crippen LogP contribution in [0.2, 0.25) is 0 Å². The van der Waals surface area contributed by atoms with Crippen molar-refractivity contribution < 1.29 is 4.43 Å². The van der Waals surface area contributed by atoms with Gasteiger partial charge in [-0.05, 0) is 19.8 Å². The number of unbranched alkanes of at least 4 members (excludes halogenated alkanes) is 2. The lowest BCUT2D eigenvalue weighted by atomic mass is 10.2. The van der Waals surface area contributed by atoms with Crippen LogP contribution in [-0.4, -0.2) is 17.1 Å². The molecule has 0 saturated carbocycles. The SMILES string of the molecule is CC#CCCCCO[SiH3]. The van der Waals surface area contributed by atoms with Crippen molar-refractivity contribution in [2.24, 2.45) is 0 Å². The minimum Gasteiger partial charge on any atom is -0.428 e. The van der Waals surface area contributed by atoms with Crippen LogP contribution in [0, 0.1) is 11.8 Å². The van der Waals surface area contributed by atoms with E-state index in [0.717, 1.165) is 29.9 Å². The first-order valence-electron chi connectivity index (χ1n) is 3.30. The fourth-order valence-corrected chi connectivity index (χ4v) is 0.873. The molecule has 0 aromatic heterocycles. The Morgan fingerprint density at radius 2 is 2.22 bits per heavy atom. The van der Waals surface area contributed by atoms with E-state index in [1.54, 1.807) is 0 Å². The van der Waals surface area contributed by atoms with Crippen molar-refractivity contribution in [1.29, 1.82) is 0 Å². The summed E-state index contributed by atoms with van der Waals surface area (Å²) in [5.41, 5.74) is 0. The van der Waals surface area contributed by atoms with Gasteiger partial charge >= 0.3 is 0 Å². The number of hydrogen-bond acceptors (Lipinski definition) is 1. The van der Waals surface area contributed by atoms with E-state index in [9.17, 15) is 0 Å². The van der Waals surface area contributed by atoms with Crippen LogP contribution in [0.25, 0.3) is 0 Å². The third kappa shape index (κ3) is 7.74. The molecular weight excluding hydrogens is 128 g/mol. The lowest BCUT2D eigenvalue weighted by Gasteiger charge is -1.93. The van der Waals surface area contributed by atoms with Gasteiger partial charge in [-0.3, -0.25) is 0 Å². The average molecular weight is 142 g/mol. The molecule has 0 heterocycles. The molecule has 0 aliphatic rings. The average Bonchev–Trinajstić information content (AvgIpc) is 1.89. The first kappa shape index (κ1) is 8.74. The van der Waals surface area contributed by atoms with Gasteiger partial charge in [0.15, 0.2) is 0 Å². The Morgan fingerprint density at radius 1 is 1.44 bits per heavy atom. The zero-order chi connectivity index (χ0) is 6.95. The maximum absolute atomic E-state index is 5.01. The van der Waals surface area contributed by atoms with Crippen molar-refractivity contribution in [2.45, 2.75) is 26.2 Å². The van der Waals surface area contributed by atoms with Crippen LogP contribution in [0.1, 0.15) is 26.2 Å². The normalized spacial score (nSPS) is 8.56. The summed E-state index contributed by atoms with van der Waals surface area (Å²) >= 11 is 0. The highest BCUT2D eigenvalue weighted by molar-refractivity contribution is 5.97. The Labute approximate surface area is 60.3 Å². The number of rotatable bonds is 4. The van der Waals surface area contributed by atoms with Crippen molar-refractivity contribution in [1.82, 2.24) is 0 Å². The van der Waals surface area contributed by atoms with Gasteiger partial charge in [0.05, 0.1) is 0 Å². The quantitative estimate of drug-likeness (QED) is 0.315. The summed E-state index contributed by atoms with van der Waals surface area (Å²) in [6.45, 7) is 2.81. The van der Waals surface area contributed by atoms with Gasteiger partial charge in [-0.25, -0.2) is 0 Å². The summed E-state index contributed by atoms with van der Waals surface area (Å²) < 4.78 is 5.01. The van der Waals surface area contributed by atoms with Gasteiger partial charge in [-0.1, -0.05) is 0 Å². The maximum atomic E-state index is 5.01. The minimum atomic E-state index is 0.872. The van der Waals surface area contributed by atoms with Crippen LogP contribution < -0.4 is 0 Å². The van der Waals surface area contributed by atoms with Crippen LogP contribution in [0.5, 0.6) is 0 Å². The van der Waals surface area contributed by atoms with Gasteiger partial charge < -0.3 is 4.43 Å². The van der Waals surface area contributed by atoms with Crippen molar-refractivity contribution in [3.8, 4) is 11.8 Å². The second kappa shape index (κ2) is 7.74. The zero-order valence-electron chi connectivity index (χ0n) is 6.24. The molecule has 0 N–H and O–H groups in total. The molecular formula is C7H14OSi. The predicted molar refractivity (Wildman–Crippen MR) is 43.2 cm³/mol. The van der Waals surface area contributed by atoms with E-state index in [0.29, 0.717) is 0 Å². The van der Waals surface area contributed by atoms with E-state index in [1.807, 2.05) is 6.92 Å². The highest BCUT2D eigenvalue weighted by atomic mass is 28.2. The van der Waals surface area contributed by atoms with Gasteiger partial charge in [0, 0.05) is 13.0 Å². The van der Waals surface area contributed by atoms with Gasteiger partial charge in [0.2, 0.25) is 0 Å². The van der Waals surface area contributed by atoms with E-state index >= 15 is 0 Å². The zero-order valence-corrected chi connectivity index (χ0v) is 8.24. The molecule has 0 aliphatic heterocycles. The second-order valence-electron chi connectivity index (χ2n) is 1.88. The van der Waals surface area contributed by atoms with E-state index in [4.69, 9.17) is 4.43 Å². The largest absolute Gasteiger partial charge is 0.428 e. The minimum absolute atomic E-state index is 0.872. The Kier molecular flexibility index (Phi) is 7.51. The van der Waals surface area contributed by atoms with Crippen LogP contribution in [-0.2, 0) is 4.43 Å². The summed E-state index contributed by atoms with van der Waals surface area (Å²) in [7, 11) is 0.872.